The normalized spacial score (nSPS) is 11.6. The summed E-state index contributed by atoms with van der Waals surface area (Å²) in [4.78, 5) is 18.6. The number of carbonyl (C=O) groups excluding carboxylic acids is 1. The first-order chi connectivity index (χ1) is 9.60. The molecule has 0 radical (unpaired) electrons. The third-order valence-electron chi connectivity index (χ3n) is 2.60. The maximum Gasteiger partial charge on any atom is 0.250 e. The topological polar surface area (TPSA) is 42.0 Å². The lowest BCUT2D eigenvalue weighted by molar-refractivity contribution is -0.111. The maximum absolute atomic E-state index is 11.6. The van der Waals surface area contributed by atoms with Gasteiger partial charge >= 0.3 is 0 Å². The number of carbonyl (C=O) groups is 1. The number of anilines is 1. The van der Waals surface area contributed by atoms with Crippen molar-refractivity contribution in [1.82, 2.24) is 4.98 Å². The summed E-state index contributed by atoms with van der Waals surface area (Å²) in [5.74, 6) is -0.165. The van der Waals surface area contributed by atoms with Crippen LogP contribution in [0.1, 0.15) is 16.7 Å². The summed E-state index contributed by atoms with van der Waals surface area (Å²) in [7, 11) is 0. The molecule has 0 saturated heterocycles. The van der Waals surface area contributed by atoms with Crippen molar-refractivity contribution in [2.75, 3.05) is 5.32 Å². The largest absolute Gasteiger partial charge is 0.298 e. The molecule has 0 unspecified atom stereocenters. The van der Waals surface area contributed by atoms with E-state index in [2.05, 4.69) is 30.2 Å². The molecule has 2 aromatic heterocycles. The van der Waals surface area contributed by atoms with Gasteiger partial charge in [0.05, 0.1) is 5.69 Å². The van der Waals surface area contributed by atoms with Gasteiger partial charge in [0.2, 0.25) is 5.91 Å². The molecule has 3 nitrogen and oxygen atoms in total. The van der Waals surface area contributed by atoms with Crippen LogP contribution in [-0.2, 0) is 4.79 Å². The molecule has 20 heavy (non-hydrogen) atoms. The summed E-state index contributed by atoms with van der Waals surface area (Å²) in [6.07, 6.45) is 6.87. The van der Waals surface area contributed by atoms with Crippen molar-refractivity contribution >= 4 is 33.7 Å². The fourth-order valence-corrected chi connectivity index (χ4v) is 3.39. The number of aryl methyl sites for hydroxylation is 2. The van der Waals surface area contributed by atoms with Gasteiger partial charge in [0.1, 0.15) is 0 Å². The minimum absolute atomic E-state index is 0.165. The Hall–Kier alpha value is -1.72. The van der Waals surface area contributed by atoms with Crippen LogP contribution in [0, 0.1) is 13.8 Å². The predicted octanol–water partition coefficient (Wildman–Crippen LogP) is 4.56. The number of hydrogen-bond acceptors (Lipinski definition) is 4. The molecule has 104 valence electrons. The summed E-state index contributed by atoms with van der Waals surface area (Å²) in [6, 6.07) is 2.13. The minimum Gasteiger partial charge on any atom is -0.298 e. The van der Waals surface area contributed by atoms with E-state index >= 15 is 0 Å². The Kier molecular flexibility index (Phi) is 4.87. The highest BCUT2D eigenvalue weighted by Crippen LogP contribution is 2.32. The van der Waals surface area contributed by atoms with E-state index in [0.29, 0.717) is 5.13 Å². The van der Waals surface area contributed by atoms with Crippen LogP contribution in [0.5, 0.6) is 0 Å². The number of nitrogens with one attached hydrogen (secondary N) is 1. The van der Waals surface area contributed by atoms with Crippen molar-refractivity contribution in [3.63, 3.8) is 0 Å². The van der Waals surface area contributed by atoms with E-state index in [-0.39, 0.29) is 5.91 Å². The van der Waals surface area contributed by atoms with E-state index in [0.717, 1.165) is 11.3 Å². The average Bonchev–Trinajstić information content (AvgIpc) is 2.96. The summed E-state index contributed by atoms with van der Waals surface area (Å²) in [6.45, 7) is 6.08. The van der Waals surface area contributed by atoms with Gasteiger partial charge in [-0.3, -0.25) is 10.1 Å². The molecule has 0 spiro atoms. The van der Waals surface area contributed by atoms with Crippen LogP contribution in [0.3, 0.4) is 0 Å². The second kappa shape index (κ2) is 6.63. The monoisotopic (exact) mass is 304 g/mol. The first kappa shape index (κ1) is 14.7. The van der Waals surface area contributed by atoms with Crippen LogP contribution in [0.4, 0.5) is 5.13 Å². The molecular weight excluding hydrogens is 288 g/mol. The second-order valence-electron chi connectivity index (χ2n) is 4.24. The number of rotatable bonds is 4. The van der Waals surface area contributed by atoms with E-state index in [4.69, 9.17) is 0 Å². The molecule has 0 atom stereocenters. The summed E-state index contributed by atoms with van der Waals surface area (Å²) in [5.41, 5.74) is 2.07. The summed E-state index contributed by atoms with van der Waals surface area (Å²) < 4.78 is 0. The number of nitrogens with zero attached hydrogens (tertiary/aromatic N) is 1. The van der Waals surface area contributed by atoms with E-state index in [1.165, 1.54) is 27.2 Å². The third kappa shape index (κ3) is 3.65. The SMILES string of the molecule is C/C=C/C=C/C(=O)Nc1nc(-c2cc(C)sc2C)cs1. The number of allylic oxidation sites excluding steroid dienone is 3. The van der Waals surface area contributed by atoms with Crippen molar-refractivity contribution in [1.29, 1.82) is 0 Å². The quantitative estimate of drug-likeness (QED) is 0.664. The Labute approximate surface area is 126 Å². The molecular formula is C15H16N2OS2. The third-order valence-corrected chi connectivity index (χ3v) is 4.33. The molecule has 0 bridgehead atoms. The van der Waals surface area contributed by atoms with E-state index < -0.39 is 0 Å². The Bertz CT molecular complexity index is 665. The van der Waals surface area contributed by atoms with Crippen LogP contribution < -0.4 is 5.32 Å². The highest BCUT2D eigenvalue weighted by molar-refractivity contribution is 7.14. The molecule has 1 amide bonds. The van der Waals surface area contributed by atoms with Crippen molar-refractivity contribution < 1.29 is 4.79 Å². The van der Waals surface area contributed by atoms with Crippen LogP contribution in [-0.4, -0.2) is 10.9 Å². The number of aromatic nitrogens is 1. The fourth-order valence-electron chi connectivity index (χ4n) is 1.74. The van der Waals surface area contributed by atoms with Gasteiger partial charge in [0.25, 0.3) is 0 Å². The minimum atomic E-state index is -0.165. The van der Waals surface area contributed by atoms with Crippen LogP contribution >= 0.6 is 22.7 Å². The zero-order valence-corrected chi connectivity index (χ0v) is 13.3. The number of hydrogen-bond donors (Lipinski definition) is 1. The molecule has 2 rings (SSSR count). The predicted molar refractivity (Wildman–Crippen MR) is 87.5 cm³/mol. The Morgan fingerprint density at radius 3 is 2.80 bits per heavy atom. The molecule has 0 aliphatic carbocycles. The van der Waals surface area contributed by atoms with E-state index in [1.54, 1.807) is 17.4 Å². The zero-order valence-electron chi connectivity index (χ0n) is 11.6. The van der Waals surface area contributed by atoms with Crippen molar-refractivity contribution in [3.8, 4) is 11.3 Å². The fraction of sp³-hybridized carbons (Fsp3) is 0.200. The smallest absolute Gasteiger partial charge is 0.250 e. The number of thiazole rings is 1. The molecule has 2 aromatic rings. The van der Waals surface area contributed by atoms with Crippen molar-refractivity contribution in [3.05, 3.63) is 45.5 Å². The zero-order chi connectivity index (χ0) is 14.5. The van der Waals surface area contributed by atoms with Gasteiger partial charge in [-0.15, -0.1) is 22.7 Å². The lowest BCUT2D eigenvalue weighted by atomic mass is 10.2. The summed E-state index contributed by atoms with van der Waals surface area (Å²) >= 11 is 3.20. The Morgan fingerprint density at radius 1 is 1.35 bits per heavy atom. The molecule has 0 aliphatic rings. The van der Waals surface area contributed by atoms with Gasteiger partial charge in [-0.2, -0.15) is 0 Å². The van der Waals surface area contributed by atoms with Crippen molar-refractivity contribution in [2.24, 2.45) is 0 Å². The highest BCUT2D eigenvalue weighted by atomic mass is 32.1. The molecule has 1 N–H and O–H groups in total. The van der Waals surface area contributed by atoms with Gasteiger partial charge in [-0.1, -0.05) is 18.2 Å². The molecule has 0 aliphatic heterocycles. The highest BCUT2D eigenvalue weighted by Gasteiger charge is 2.10. The standard InChI is InChI=1S/C15H16N2OS2/c1-4-5-6-7-14(18)17-15-16-13(9-19-15)12-8-10(2)20-11(12)3/h4-9H,1-3H3,(H,16,17,18)/b5-4+,7-6+. The number of amides is 1. The first-order valence-electron chi connectivity index (χ1n) is 6.23. The van der Waals surface area contributed by atoms with Crippen LogP contribution in [0.2, 0.25) is 0 Å². The molecule has 0 saturated carbocycles. The van der Waals surface area contributed by atoms with Gasteiger partial charge in [0.15, 0.2) is 5.13 Å². The Morgan fingerprint density at radius 2 is 2.15 bits per heavy atom. The second-order valence-corrected chi connectivity index (χ2v) is 6.56. The van der Waals surface area contributed by atoms with Gasteiger partial charge in [0, 0.05) is 26.8 Å². The summed E-state index contributed by atoms with van der Waals surface area (Å²) in [5, 5.41) is 5.36. The van der Waals surface area contributed by atoms with E-state index in [1.807, 2.05) is 24.5 Å². The van der Waals surface area contributed by atoms with Gasteiger partial charge < -0.3 is 0 Å². The lowest BCUT2D eigenvalue weighted by Crippen LogP contribution is -2.07. The molecule has 0 fully saturated rings. The lowest BCUT2D eigenvalue weighted by Gasteiger charge is -1.95. The number of thiophene rings is 1. The molecule has 0 aromatic carbocycles. The van der Waals surface area contributed by atoms with Gasteiger partial charge in [-0.25, -0.2) is 4.98 Å². The molecule has 2 heterocycles. The average molecular weight is 304 g/mol. The first-order valence-corrected chi connectivity index (χ1v) is 7.93. The van der Waals surface area contributed by atoms with Crippen LogP contribution in [0.25, 0.3) is 11.3 Å². The van der Waals surface area contributed by atoms with Gasteiger partial charge in [-0.05, 0) is 26.8 Å². The molecule has 5 heteroatoms. The van der Waals surface area contributed by atoms with E-state index in [9.17, 15) is 4.79 Å². The van der Waals surface area contributed by atoms with Crippen LogP contribution in [0.15, 0.2) is 35.8 Å². The Balaban J connectivity index is 2.10. The van der Waals surface area contributed by atoms with Crippen molar-refractivity contribution in [2.45, 2.75) is 20.8 Å². The maximum atomic E-state index is 11.6.